The molecule has 1 unspecified atom stereocenters. The van der Waals surface area contributed by atoms with Crippen molar-refractivity contribution >= 4 is 18.0 Å². The highest BCUT2D eigenvalue weighted by molar-refractivity contribution is 5.89. The van der Waals surface area contributed by atoms with E-state index in [0.29, 0.717) is 6.54 Å². The number of carbonyl (C=O) groups excluding carboxylic acids is 2. The summed E-state index contributed by atoms with van der Waals surface area (Å²) in [6.45, 7) is 2.43. The molecule has 0 radical (unpaired) electrons. The monoisotopic (exact) mass is 462 g/mol. The molecule has 2 amide bonds. The van der Waals surface area contributed by atoms with Crippen LogP contribution in [0.25, 0.3) is 11.1 Å². The smallest absolute Gasteiger partial charge is 0.407 e. The first-order valence-corrected chi connectivity index (χ1v) is 11.1. The van der Waals surface area contributed by atoms with Gasteiger partial charge in [-0.05, 0) is 35.2 Å². The van der Waals surface area contributed by atoms with Gasteiger partial charge in [0.1, 0.15) is 12.6 Å². The van der Waals surface area contributed by atoms with E-state index in [4.69, 9.17) is 9.15 Å². The van der Waals surface area contributed by atoms with Crippen molar-refractivity contribution in [2.75, 3.05) is 13.2 Å². The second-order valence-electron chi connectivity index (χ2n) is 8.10. The van der Waals surface area contributed by atoms with E-state index in [1.807, 2.05) is 48.5 Å². The third-order valence-electron chi connectivity index (χ3n) is 5.96. The molecule has 0 fully saturated rings. The molecule has 1 heterocycles. The molecule has 8 heteroatoms. The van der Waals surface area contributed by atoms with E-state index in [1.54, 1.807) is 13.0 Å². The maximum absolute atomic E-state index is 13.0. The molecule has 2 aromatic carbocycles. The van der Waals surface area contributed by atoms with Crippen LogP contribution in [0, 0.1) is 0 Å². The van der Waals surface area contributed by atoms with Crippen molar-refractivity contribution in [2.45, 2.75) is 31.8 Å². The number of carboxylic acids is 1. The van der Waals surface area contributed by atoms with Gasteiger partial charge in [-0.2, -0.15) is 0 Å². The predicted octanol–water partition coefficient (Wildman–Crippen LogP) is 4.01. The summed E-state index contributed by atoms with van der Waals surface area (Å²) < 4.78 is 10.5. The highest BCUT2D eigenvalue weighted by atomic mass is 16.5. The van der Waals surface area contributed by atoms with Crippen molar-refractivity contribution < 1.29 is 28.6 Å². The van der Waals surface area contributed by atoms with Crippen molar-refractivity contribution in [3.8, 4) is 11.1 Å². The van der Waals surface area contributed by atoms with Crippen LogP contribution in [0.2, 0.25) is 0 Å². The average Bonchev–Trinajstić information content (AvgIpc) is 3.46. The molecule has 2 N–H and O–H groups in total. The number of hydrogen-bond donors (Lipinski definition) is 2. The first-order chi connectivity index (χ1) is 16.5. The molecule has 0 aliphatic heterocycles. The molecule has 176 valence electrons. The molecule has 1 aliphatic carbocycles. The Bertz CT molecular complexity index is 1130. The molecule has 8 nitrogen and oxygen atoms in total. The lowest BCUT2D eigenvalue weighted by atomic mass is 9.98. The van der Waals surface area contributed by atoms with Crippen LogP contribution in [0.4, 0.5) is 4.79 Å². The maximum Gasteiger partial charge on any atom is 0.407 e. The molecule has 3 aromatic rings. The van der Waals surface area contributed by atoms with Gasteiger partial charge >= 0.3 is 12.1 Å². The van der Waals surface area contributed by atoms with Gasteiger partial charge < -0.3 is 24.5 Å². The van der Waals surface area contributed by atoms with Gasteiger partial charge in [0.15, 0.2) is 0 Å². The van der Waals surface area contributed by atoms with Gasteiger partial charge in [-0.15, -0.1) is 0 Å². The third-order valence-corrected chi connectivity index (χ3v) is 5.96. The normalized spacial score (nSPS) is 13.0. The fraction of sp³-hybridized carbons (Fsp3) is 0.269. The van der Waals surface area contributed by atoms with Gasteiger partial charge in [0.25, 0.3) is 0 Å². The summed E-state index contributed by atoms with van der Waals surface area (Å²) in [4.78, 5) is 38.5. The lowest BCUT2D eigenvalue weighted by Gasteiger charge is -2.26. The standard InChI is InChI=1S/C26H26N2O6/c1-2-28(14-17-11-12-33-15-17)25(31)23(13-24(29)30)27-26(32)34-16-22-20-9-5-3-7-18(20)19-8-4-6-10-21(19)22/h3-12,15,22-23H,2,13-14,16H2,1H3,(H,27,32)(H,29,30). The lowest BCUT2D eigenvalue weighted by molar-refractivity contribution is -0.142. The number of furan rings is 1. The van der Waals surface area contributed by atoms with Crippen LogP contribution in [0.5, 0.6) is 0 Å². The Morgan fingerprint density at radius 3 is 2.26 bits per heavy atom. The number of nitrogens with zero attached hydrogens (tertiary/aromatic N) is 1. The summed E-state index contributed by atoms with van der Waals surface area (Å²) in [5.74, 6) is -1.84. The quantitative estimate of drug-likeness (QED) is 0.497. The van der Waals surface area contributed by atoms with Gasteiger partial charge in [0.05, 0.1) is 18.9 Å². The van der Waals surface area contributed by atoms with E-state index in [2.05, 4.69) is 5.32 Å². The number of amides is 2. The number of ether oxygens (including phenoxy) is 1. The highest BCUT2D eigenvalue weighted by Crippen LogP contribution is 2.44. The first kappa shape index (κ1) is 23.1. The van der Waals surface area contributed by atoms with Crippen molar-refractivity contribution in [1.82, 2.24) is 10.2 Å². The minimum absolute atomic E-state index is 0.0698. The Morgan fingerprint density at radius 2 is 1.71 bits per heavy atom. The number of hydrogen-bond acceptors (Lipinski definition) is 5. The zero-order valence-corrected chi connectivity index (χ0v) is 18.8. The molecule has 0 saturated heterocycles. The lowest BCUT2D eigenvalue weighted by Crippen LogP contribution is -2.49. The van der Waals surface area contributed by atoms with E-state index >= 15 is 0 Å². The molecule has 0 saturated carbocycles. The topological polar surface area (TPSA) is 109 Å². The van der Waals surface area contributed by atoms with Crippen LogP contribution in [-0.4, -0.2) is 47.2 Å². The SMILES string of the molecule is CCN(Cc1ccoc1)C(=O)C(CC(=O)O)NC(=O)OCC1c2ccccc2-c2ccccc21. The average molecular weight is 463 g/mol. The zero-order chi connectivity index (χ0) is 24.1. The van der Waals surface area contributed by atoms with E-state index < -0.39 is 30.4 Å². The summed E-state index contributed by atoms with van der Waals surface area (Å²) in [6, 6.07) is 16.4. The molecule has 34 heavy (non-hydrogen) atoms. The van der Waals surface area contributed by atoms with Crippen LogP contribution < -0.4 is 5.32 Å². The number of alkyl carbamates (subject to hydrolysis) is 1. The predicted molar refractivity (Wildman–Crippen MR) is 124 cm³/mol. The van der Waals surface area contributed by atoms with E-state index in [9.17, 15) is 19.5 Å². The molecule has 4 rings (SSSR count). The minimum Gasteiger partial charge on any atom is -0.481 e. The number of nitrogens with one attached hydrogen (secondary N) is 1. The molecular formula is C26H26N2O6. The molecule has 1 aromatic heterocycles. The number of carbonyl (C=O) groups is 3. The number of benzene rings is 2. The molecule has 1 atom stereocenters. The summed E-state index contributed by atoms with van der Waals surface area (Å²) in [6.07, 6.45) is 1.63. The number of fused-ring (bicyclic) bond motifs is 3. The maximum atomic E-state index is 13.0. The van der Waals surface area contributed by atoms with Gasteiger partial charge in [0.2, 0.25) is 5.91 Å². The minimum atomic E-state index is -1.25. The number of aliphatic carboxylic acids is 1. The summed E-state index contributed by atoms with van der Waals surface area (Å²) in [5, 5.41) is 11.8. The molecule has 0 spiro atoms. The van der Waals surface area contributed by atoms with Gasteiger partial charge in [-0.3, -0.25) is 9.59 Å². The van der Waals surface area contributed by atoms with E-state index in [-0.39, 0.29) is 19.1 Å². The van der Waals surface area contributed by atoms with Crippen molar-refractivity contribution in [3.63, 3.8) is 0 Å². The van der Waals surface area contributed by atoms with Crippen molar-refractivity contribution in [1.29, 1.82) is 0 Å². The number of carboxylic acid groups (broad SMARTS) is 1. The van der Waals surface area contributed by atoms with Crippen LogP contribution in [0.1, 0.15) is 36.0 Å². The van der Waals surface area contributed by atoms with Crippen LogP contribution >= 0.6 is 0 Å². The van der Waals surface area contributed by atoms with E-state index in [1.165, 1.54) is 17.4 Å². The summed E-state index contributed by atoms with van der Waals surface area (Å²) in [5.41, 5.74) is 5.09. The summed E-state index contributed by atoms with van der Waals surface area (Å²) in [7, 11) is 0. The fourth-order valence-electron chi connectivity index (χ4n) is 4.33. The number of rotatable bonds is 9. The Morgan fingerprint density at radius 1 is 1.06 bits per heavy atom. The molecular weight excluding hydrogens is 436 g/mol. The third kappa shape index (κ3) is 4.96. The van der Waals surface area contributed by atoms with Gasteiger partial charge in [-0.1, -0.05) is 48.5 Å². The Kier molecular flexibility index (Phi) is 6.96. The second-order valence-corrected chi connectivity index (χ2v) is 8.10. The van der Waals surface area contributed by atoms with E-state index in [0.717, 1.165) is 27.8 Å². The Balaban J connectivity index is 1.43. The Labute approximate surface area is 197 Å². The summed E-state index contributed by atoms with van der Waals surface area (Å²) >= 11 is 0. The largest absolute Gasteiger partial charge is 0.481 e. The van der Waals surface area contributed by atoms with Crippen LogP contribution in [-0.2, 0) is 20.9 Å². The van der Waals surface area contributed by atoms with Crippen molar-refractivity contribution in [3.05, 3.63) is 83.8 Å². The first-order valence-electron chi connectivity index (χ1n) is 11.1. The highest BCUT2D eigenvalue weighted by Gasteiger charge is 2.31. The molecule has 1 aliphatic rings. The second kappa shape index (κ2) is 10.2. The van der Waals surface area contributed by atoms with Crippen LogP contribution in [0.3, 0.4) is 0 Å². The zero-order valence-electron chi connectivity index (χ0n) is 18.8. The Hall–Kier alpha value is -4.07. The fourth-order valence-corrected chi connectivity index (χ4v) is 4.33. The number of likely N-dealkylation sites (N-methyl/N-ethyl adjacent to an activating group) is 1. The molecule has 0 bridgehead atoms. The van der Waals surface area contributed by atoms with Gasteiger partial charge in [0, 0.05) is 24.6 Å². The van der Waals surface area contributed by atoms with Gasteiger partial charge in [-0.25, -0.2) is 4.79 Å². The van der Waals surface area contributed by atoms with Crippen LogP contribution in [0.15, 0.2) is 71.5 Å². The van der Waals surface area contributed by atoms with Crippen molar-refractivity contribution in [2.24, 2.45) is 0 Å².